The second-order valence-corrected chi connectivity index (χ2v) is 11.8. The molecule has 1 unspecified atom stereocenters. The summed E-state index contributed by atoms with van der Waals surface area (Å²) >= 11 is 0. The normalized spacial score (nSPS) is 18.7. The van der Waals surface area contributed by atoms with Crippen LogP contribution >= 0.6 is 0 Å². The molecule has 0 spiro atoms. The molecule has 2 N–H and O–H groups in total. The summed E-state index contributed by atoms with van der Waals surface area (Å²) in [6.45, 7) is 11.6. The number of carbonyl (C=O) groups is 2. The summed E-state index contributed by atoms with van der Waals surface area (Å²) in [6, 6.07) is 7.96. The van der Waals surface area contributed by atoms with Crippen molar-refractivity contribution in [2.75, 3.05) is 50.8 Å². The van der Waals surface area contributed by atoms with Crippen LogP contribution in [0.5, 0.6) is 5.75 Å². The number of ether oxygens (including phenoxy) is 2. The summed E-state index contributed by atoms with van der Waals surface area (Å²) < 4.78 is 12.9. The number of pyridine rings is 2. The number of piperazine rings is 1. The van der Waals surface area contributed by atoms with E-state index < -0.39 is 17.7 Å². The number of piperidine rings is 1. The number of aromatic nitrogens is 3. The molecule has 0 bridgehead atoms. The van der Waals surface area contributed by atoms with Gasteiger partial charge < -0.3 is 29.7 Å². The first-order chi connectivity index (χ1) is 21.1. The zero-order valence-corrected chi connectivity index (χ0v) is 25.7. The molecule has 13 nitrogen and oxygen atoms in total. The maximum absolute atomic E-state index is 12.8. The number of amides is 2. The van der Waals surface area contributed by atoms with Crippen LogP contribution in [-0.2, 0) is 4.74 Å². The van der Waals surface area contributed by atoms with Gasteiger partial charge in [0.15, 0.2) is 0 Å². The fourth-order valence-corrected chi connectivity index (χ4v) is 6.21. The Morgan fingerprint density at radius 2 is 1.98 bits per heavy atom. The molecule has 2 aliphatic heterocycles. The molecule has 2 amide bonds. The molecule has 2 fully saturated rings. The van der Waals surface area contributed by atoms with Gasteiger partial charge in [-0.3, -0.25) is 4.90 Å². The molecule has 5 heterocycles. The van der Waals surface area contributed by atoms with Gasteiger partial charge in [-0.15, -0.1) is 0 Å². The third-order valence-electron chi connectivity index (χ3n) is 8.32. The Kier molecular flexibility index (Phi) is 9.10. The Morgan fingerprint density at radius 1 is 1.20 bits per heavy atom. The SMILES string of the molecule is CCOc1cc(-c2ccc(N3CCC(CN4CCN(C(=O)O)C(C)C4)(NC(=O)OC(C)C)CC3)nc2)c2c(C#N)cnn2c1. The van der Waals surface area contributed by atoms with Crippen LogP contribution in [0.15, 0.2) is 36.8 Å². The summed E-state index contributed by atoms with van der Waals surface area (Å²) in [6.07, 6.45) is 4.89. The fraction of sp³-hybridized carbons (Fsp3) is 0.516. The summed E-state index contributed by atoms with van der Waals surface area (Å²) in [5.74, 6) is 1.48. The van der Waals surface area contributed by atoms with E-state index in [1.807, 2.05) is 45.9 Å². The molecule has 0 aromatic carbocycles. The van der Waals surface area contributed by atoms with Crippen LogP contribution < -0.4 is 15.0 Å². The molecule has 5 rings (SSSR count). The highest BCUT2D eigenvalue weighted by molar-refractivity contribution is 5.85. The van der Waals surface area contributed by atoms with Crippen molar-refractivity contribution < 1.29 is 24.2 Å². The summed E-state index contributed by atoms with van der Waals surface area (Å²) in [4.78, 5) is 35.0. The summed E-state index contributed by atoms with van der Waals surface area (Å²) in [7, 11) is 0. The van der Waals surface area contributed by atoms with E-state index in [0.29, 0.717) is 75.5 Å². The molecule has 2 saturated heterocycles. The number of nitrogens with one attached hydrogen (secondary N) is 1. The molecular formula is C31H40N8O5. The molecular weight excluding hydrogens is 564 g/mol. The standard InChI is InChI=1S/C31H40N8O5/c1-5-43-25-14-26(28-24(15-32)17-34-39(28)19-25)23-6-7-27(33-16-23)37-10-8-31(9-11-37,35-29(40)44-21(2)3)20-36-12-13-38(30(41)42)22(4)18-36/h6-7,14,16-17,19,21-22H,5,8-13,18,20H2,1-4H3,(H,35,40)(H,41,42). The van der Waals surface area contributed by atoms with Crippen molar-refractivity contribution in [2.45, 2.75) is 58.2 Å². The summed E-state index contributed by atoms with van der Waals surface area (Å²) in [5.41, 5.74) is 2.31. The Morgan fingerprint density at radius 3 is 2.59 bits per heavy atom. The lowest BCUT2D eigenvalue weighted by Gasteiger charge is -2.47. The minimum absolute atomic E-state index is 0.133. The number of hydrogen-bond acceptors (Lipinski definition) is 9. The monoisotopic (exact) mass is 604 g/mol. The fourth-order valence-electron chi connectivity index (χ4n) is 6.21. The predicted molar refractivity (Wildman–Crippen MR) is 164 cm³/mol. The van der Waals surface area contributed by atoms with Crippen molar-refractivity contribution in [3.8, 4) is 22.9 Å². The van der Waals surface area contributed by atoms with Gasteiger partial charge in [-0.05, 0) is 58.7 Å². The highest BCUT2D eigenvalue weighted by Gasteiger charge is 2.40. The van der Waals surface area contributed by atoms with Gasteiger partial charge in [0, 0.05) is 62.6 Å². The molecule has 1 atom stereocenters. The van der Waals surface area contributed by atoms with Crippen LogP contribution in [0.2, 0.25) is 0 Å². The zero-order valence-electron chi connectivity index (χ0n) is 25.7. The highest BCUT2D eigenvalue weighted by Crippen LogP contribution is 2.33. The Labute approximate surface area is 257 Å². The average Bonchev–Trinajstić information content (AvgIpc) is 3.40. The van der Waals surface area contributed by atoms with Crippen LogP contribution in [0, 0.1) is 11.3 Å². The number of hydrogen-bond donors (Lipinski definition) is 2. The van der Waals surface area contributed by atoms with E-state index in [4.69, 9.17) is 14.5 Å². The van der Waals surface area contributed by atoms with E-state index in [9.17, 15) is 20.0 Å². The first-order valence-corrected chi connectivity index (χ1v) is 15.1. The van der Waals surface area contributed by atoms with Crippen molar-refractivity contribution in [3.05, 3.63) is 42.4 Å². The third-order valence-corrected chi connectivity index (χ3v) is 8.32. The number of carboxylic acid groups (broad SMARTS) is 1. The summed E-state index contributed by atoms with van der Waals surface area (Å²) in [5, 5.41) is 26.6. The van der Waals surface area contributed by atoms with Gasteiger partial charge in [0.1, 0.15) is 17.6 Å². The second kappa shape index (κ2) is 13.0. The van der Waals surface area contributed by atoms with Crippen molar-refractivity contribution in [1.29, 1.82) is 5.26 Å². The third kappa shape index (κ3) is 6.65. The topological polar surface area (TPSA) is 149 Å². The van der Waals surface area contributed by atoms with Crippen LogP contribution in [0.25, 0.3) is 16.6 Å². The number of carbonyl (C=O) groups excluding carboxylic acids is 1. The van der Waals surface area contributed by atoms with Crippen LogP contribution in [0.3, 0.4) is 0 Å². The van der Waals surface area contributed by atoms with E-state index in [0.717, 1.165) is 16.9 Å². The predicted octanol–water partition coefficient (Wildman–Crippen LogP) is 3.82. The van der Waals surface area contributed by atoms with Gasteiger partial charge in [0.05, 0.1) is 41.7 Å². The van der Waals surface area contributed by atoms with E-state index in [-0.39, 0.29) is 12.1 Å². The molecule has 0 radical (unpaired) electrons. The van der Waals surface area contributed by atoms with Crippen LogP contribution in [0.4, 0.5) is 15.4 Å². The molecule has 0 aliphatic carbocycles. The number of nitrogens with zero attached hydrogens (tertiary/aromatic N) is 7. The van der Waals surface area contributed by atoms with Gasteiger partial charge in [-0.1, -0.05) is 0 Å². The number of nitriles is 1. The Bertz CT molecular complexity index is 1520. The average molecular weight is 605 g/mol. The van der Waals surface area contributed by atoms with Gasteiger partial charge in [-0.25, -0.2) is 19.1 Å². The zero-order chi connectivity index (χ0) is 31.4. The maximum Gasteiger partial charge on any atom is 0.407 e. The first kappa shape index (κ1) is 30.9. The van der Waals surface area contributed by atoms with Crippen LogP contribution in [0.1, 0.15) is 46.1 Å². The van der Waals surface area contributed by atoms with E-state index in [2.05, 4.69) is 26.3 Å². The quantitative estimate of drug-likeness (QED) is 0.389. The van der Waals surface area contributed by atoms with Gasteiger partial charge in [-0.2, -0.15) is 10.4 Å². The van der Waals surface area contributed by atoms with Crippen molar-refractivity contribution >= 4 is 23.5 Å². The lowest BCUT2D eigenvalue weighted by Crippen LogP contribution is -2.64. The minimum atomic E-state index is -0.903. The molecule has 44 heavy (non-hydrogen) atoms. The van der Waals surface area contributed by atoms with Crippen LogP contribution in [-0.4, -0.2) is 105 Å². The molecule has 234 valence electrons. The molecule has 0 saturated carbocycles. The first-order valence-electron chi connectivity index (χ1n) is 15.1. The highest BCUT2D eigenvalue weighted by atomic mass is 16.6. The largest absolute Gasteiger partial charge is 0.492 e. The maximum atomic E-state index is 12.8. The van der Waals surface area contributed by atoms with Crippen molar-refractivity contribution in [3.63, 3.8) is 0 Å². The van der Waals surface area contributed by atoms with Gasteiger partial charge >= 0.3 is 12.2 Å². The lowest BCUT2D eigenvalue weighted by atomic mass is 9.86. The van der Waals surface area contributed by atoms with E-state index in [1.165, 1.54) is 4.90 Å². The van der Waals surface area contributed by atoms with Crippen molar-refractivity contribution in [1.82, 2.24) is 29.7 Å². The lowest BCUT2D eigenvalue weighted by molar-refractivity contribution is 0.0498. The smallest absolute Gasteiger partial charge is 0.407 e. The number of alkyl carbamates (subject to hydrolysis) is 1. The Hall–Kier alpha value is -4.57. The molecule has 3 aromatic rings. The van der Waals surface area contributed by atoms with Gasteiger partial charge in [0.2, 0.25) is 0 Å². The van der Waals surface area contributed by atoms with Crippen molar-refractivity contribution in [2.24, 2.45) is 0 Å². The number of fused-ring (bicyclic) bond motifs is 1. The Balaban J connectivity index is 1.32. The molecule has 3 aromatic heterocycles. The number of rotatable bonds is 8. The molecule has 13 heteroatoms. The van der Waals surface area contributed by atoms with E-state index >= 15 is 0 Å². The van der Waals surface area contributed by atoms with E-state index in [1.54, 1.807) is 23.1 Å². The molecule has 2 aliphatic rings. The van der Waals surface area contributed by atoms with Gasteiger partial charge in [0.25, 0.3) is 0 Å². The number of anilines is 1. The second-order valence-electron chi connectivity index (χ2n) is 11.8. The minimum Gasteiger partial charge on any atom is -0.492 e.